The summed E-state index contributed by atoms with van der Waals surface area (Å²) in [6.07, 6.45) is 3.40. The van der Waals surface area contributed by atoms with E-state index in [2.05, 4.69) is 20.8 Å². The molecule has 2 amide bonds. The lowest BCUT2D eigenvalue weighted by atomic mass is 9.70. The van der Waals surface area contributed by atoms with Crippen molar-refractivity contribution in [3.63, 3.8) is 0 Å². The van der Waals surface area contributed by atoms with E-state index in [1.807, 2.05) is 36.4 Å². The van der Waals surface area contributed by atoms with Crippen LogP contribution in [0.3, 0.4) is 0 Å². The summed E-state index contributed by atoms with van der Waals surface area (Å²) in [5, 5.41) is 13.9. The summed E-state index contributed by atoms with van der Waals surface area (Å²) >= 11 is 0. The number of amides is 2. The molecule has 0 saturated carbocycles. The van der Waals surface area contributed by atoms with Crippen molar-refractivity contribution < 1.29 is 14.0 Å². The average molecular weight is 405 g/mol. The van der Waals surface area contributed by atoms with Gasteiger partial charge in [-0.1, -0.05) is 12.1 Å². The Hall–Kier alpha value is -3.52. The summed E-state index contributed by atoms with van der Waals surface area (Å²) < 4.78 is 5.98. The first-order valence-electron chi connectivity index (χ1n) is 9.80. The first kappa shape index (κ1) is 19.8. The van der Waals surface area contributed by atoms with Crippen molar-refractivity contribution in [3.8, 4) is 0 Å². The smallest absolute Gasteiger partial charge is 0.231 e. The number of carbonyl (C=O) groups is 2. The third-order valence-electron chi connectivity index (χ3n) is 5.66. The van der Waals surface area contributed by atoms with Crippen LogP contribution in [0.15, 0.2) is 40.8 Å². The minimum atomic E-state index is -0.726. The van der Waals surface area contributed by atoms with E-state index in [1.165, 1.54) is 0 Å². The van der Waals surface area contributed by atoms with Crippen LogP contribution in [0.2, 0.25) is 0 Å². The predicted molar refractivity (Wildman–Crippen MR) is 112 cm³/mol. The number of benzene rings is 2. The van der Waals surface area contributed by atoms with Gasteiger partial charge in [0.1, 0.15) is 5.41 Å². The Morgan fingerprint density at radius 1 is 1.00 bits per heavy atom. The summed E-state index contributed by atoms with van der Waals surface area (Å²) in [7, 11) is 0. The number of aryl methyl sites for hydroxylation is 3. The van der Waals surface area contributed by atoms with E-state index >= 15 is 0 Å². The molecule has 30 heavy (non-hydrogen) atoms. The monoisotopic (exact) mass is 405 g/mol. The number of aromatic nitrogens is 2. The number of nitrogens with one attached hydrogen (secondary N) is 2. The third kappa shape index (κ3) is 3.25. The number of rotatable bonds is 7. The fraction of sp³-hybridized carbons (Fsp3) is 0.273. The SMILES string of the molecule is Cc1nnc(C2(CCN)c3ccc(NC=O)cc3CCc3cc(NC=O)ccc32)o1. The van der Waals surface area contributed by atoms with Crippen LogP contribution < -0.4 is 16.4 Å². The molecular formula is C22H23N5O3. The van der Waals surface area contributed by atoms with Crippen LogP contribution in [-0.4, -0.2) is 29.6 Å². The lowest BCUT2D eigenvalue weighted by Crippen LogP contribution is -2.34. The van der Waals surface area contributed by atoms with E-state index in [0.717, 1.165) is 46.5 Å². The van der Waals surface area contributed by atoms with Gasteiger partial charge >= 0.3 is 0 Å². The third-order valence-corrected chi connectivity index (χ3v) is 5.66. The molecule has 154 valence electrons. The molecule has 1 aliphatic carbocycles. The zero-order valence-electron chi connectivity index (χ0n) is 16.6. The molecule has 0 atom stereocenters. The van der Waals surface area contributed by atoms with Crippen molar-refractivity contribution in [2.45, 2.75) is 31.6 Å². The molecule has 0 unspecified atom stereocenters. The number of nitrogens with zero attached hydrogens (tertiary/aromatic N) is 2. The van der Waals surface area contributed by atoms with Gasteiger partial charge in [0, 0.05) is 18.3 Å². The Balaban J connectivity index is 2.01. The fourth-order valence-electron chi connectivity index (χ4n) is 4.46. The van der Waals surface area contributed by atoms with Crippen molar-refractivity contribution in [1.29, 1.82) is 0 Å². The van der Waals surface area contributed by atoms with Gasteiger partial charge in [-0.25, -0.2) is 0 Å². The maximum atomic E-state index is 10.9. The zero-order valence-corrected chi connectivity index (χ0v) is 16.6. The second-order valence-corrected chi connectivity index (χ2v) is 7.34. The lowest BCUT2D eigenvalue weighted by molar-refractivity contribution is -0.106. The number of carbonyl (C=O) groups excluding carboxylic acids is 2. The molecule has 1 heterocycles. The molecule has 1 aromatic heterocycles. The van der Waals surface area contributed by atoms with Gasteiger partial charge in [0.25, 0.3) is 0 Å². The highest BCUT2D eigenvalue weighted by Gasteiger charge is 2.44. The molecule has 4 rings (SSSR count). The van der Waals surface area contributed by atoms with E-state index in [9.17, 15) is 9.59 Å². The molecule has 0 fully saturated rings. The zero-order chi connectivity index (χ0) is 21.1. The first-order valence-corrected chi connectivity index (χ1v) is 9.80. The quantitative estimate of drug-likeness (QED) is 0.518. The number of nitrogens with two attached hydrogens (primary N) is 1. The van der Waals surface area contributed by atoms with Crippen LogP contribution in [0.25, 0.3) is 0 Å². The van der Waals surface area contributed by atoms with Crippen molar-refractivity contribution in [1.82, 2.24) is 10.2 Å². The van der Waals surface area contributed by atoms with E-state index in [0.29, 0.717) is 37.6 Å². The summed E-state index contributed by atoms with van der Waals surface area (Å²) in [6.45, 7) is 2.17. The van der Waals surface area contributed by atoms with Gasteiger partial charge in [0.05, 0.1) is 0 Å². The number of hydrogen-bond acceptors (Lipinski definition) is 6. The Labute approximate surface area is 173 Å². The number of hydrogen-bond donors (Lipinski definition) is 3. The van der Waals surface area contributed by atoms with Gasteiger partial charge in [-0.3, -0.25) is 9.59 Å². The molecule has 8 heteroatoms. The Bertz CT molecular complexity index is 1030. The standard InChI is InChI=1S/C22H23N5O3/c1-14-26-27-21(30-14)22(8-9-23)19-6-4-17(24-12-28)10-15(19)2-3-16-11-18(25-13-29)5-7-20(16)22/h4-7,10-13H,2-3,8-9,23H2,1H3,(H,24,28)(H,25,29). The van der Waals surface area contributed by atoms with Crippen molar-refractivity contribution in [2.75, 3.05) is 17.2 Å². The Kier molecular flexibility index (Phi) is 5.33. The lowest BCUT2D eigenvalue weighted by Gasteiger charge is -2.33. The van der Waals surface area contributed by atoms with E-state index in [-0.39, 0.29) is 0 Å². The van der Waals surface area contributed by atoms with Gasteiger partial charge < -0.3 is 20.8 Å². The second-order valence-electron chi connectivity index (χ2n) is 7.34. The van der Waals surface area contributed by atoms with Crippen LogP contribution >= 0.6 is 0 Å². The van der Waals surface area contributed by atoms with Crippen molar-refractivity contribution in [2.24, 2.45) is 5.73 Å². The number of fused-ring (bicyclic) bond motifs is 2. The predicted octanol–water partition coefficient (Wildman–Crippen LogP) is 2.30. The molecule has 0 bridgehead atoms. The maximum absolute atomic E-state index is 10.9. The molecule has 2 aromatic carbocycles. The van der Waals surface area contributed by atoms with E-state index < -0.39 is 5.41 Å². The maximum Gasteiger partial charge on any atom is 0.231 e. The van der Waals surface area contributed by atoms with Crippen LogP contribution in [0.5, 0.6) is 0 Å². The van der Waals surface area contributed by atoms with Gasteiger partial charge in [-0.05, 0) is 72.3 Å². The summed E-state index contributed by atoms with van der Waals surface area (Å²) in [4.78, 5) is 21.9. The second kappa shape index (κ2) is 8.08. The molecule has 0 spiro atoms. The van der Waals surface area contributed by atoms with E-state index in [1.54, 1.807) is 6.92 Å². The van der Waals surface area contributed by atoms with Crippen molar-refractivity contribution >= 4 is 24.2 Å². The molecule has 0 radical (unpaired) electrons. The number of anilines is 2. The van der Waals surface area contributed by atoms with Crippen molar-refractivity contribution in [3.05, 3.63) is 70.4 Å². The Morgan fingerprint density at radius 2 is 1.57 bits per heavy atom. The fourth-order valence-corrected chi connectivity index (χ4v) is 4.46. The molecular weight excluding hydrogens is 382 g/mol. The van der Waals surface area contributed by atoms with Crippen LogP contribution in [0.1, 0.15) is 40.5 Å². The minimum absolute atomic E-state index is 0.406. The highest BCUT2D eigenvalue weighted by molar-refractivity contribution is 5.74. The first-order chi connectivity index (χ1) is 14.6. The minimum Gasteiger partial charge on any atom is -0.424 e. The topological polar surface area (TPSA) is 123 Å². The molecule has 0 saturated heterocycles. The van der Waals surface area contributed by atoms with Gasteiger partial charge in [-0.15, -0.1) is 10.2 Å². The molecule has 4 N–H and O–H groups in total. The Morgan fingerprint density at radius 3 is 2.00 bits per heavy atom. The average Bonchev–Trinajstić information content (AvgIpc) is 3.13. The van der Waals surface area contributed by atoms with Gasteiger partial charge in [-0.2, -0.15) is 0 Å². The summed E-state index contributed by atoms with van der Waals surface area (Å²) in [5.41, 5.74) is 11.0. The van der Waals surface area contributed by atoms with Crippen LogP contribution in [-0.2, 0) is 27.8 Å². The van der Waals surface area contributed by atoms with E-state index in [4.69, 9.17) is 10.2 Å². The molecule has 8 nitrogen and oxygen atoms in total. The normalized spacial score (nSPS) is 14.2. The highest BCUT2D eigenvalue weighted by atomic mass is 16.4. The summed E-state index contributed by atoms with van der Waals surface area (Å²) in [5.74, 6) is 0.967. The van der Waals surface area contributed by atoms with Crippen LogP contribution in [0.4, 0.5) is 11.4 Å². The van der Waals surface area contributed by atoms with Crippen LogP contribution in [0, 0.1) is 6.92 Å². The molecule has 1 aliphatic rings. The largest absolute Gasteiger partial charge is 0.424 e. The van der Waals surface area contributed by atoms with Gasteiger partial charge in [0.2, 0.25) is 24.6 Å². The molecule has 3 aromatic rings. The summed E-state index contributed by atoms with van der Waals surface area (Å²) in [6, 6.07) is 11.7. The van der Waals surface area contributed by atoms with Gasteiger partial charge in [0.15, 0.2) is 0 Å². The molecule has 0 aliphatic heterocycles. The highest BCUT2D eigenvalue weighted by Crippen LogP contribution is 2.47.